The van der Waals surface area contributed by atoms with E-state index < -0.39 is 0 Å². The maximum Gasteiger partial charge on any atom is 0.213 e. The Morgan fingerprint density at radius 3 is 2.94 bits per heavy atom. The highest BCUT2D eigenvalue weighted by Gasteiger charge is 2.22. The van der Waals surface area contributed by atoms with Crippen molar-refractivity contribution >= 4 is 5.96 Å². The largest absolute Gasteiger partial charge is 0.474 e. The van der Waals surface area contributed by atoms with Gasteiger partial charge in [0.25, 0.3) is 0 Å². The van der Waals surface area contributed by atoms with Crippen LogP contribution in [0.3, 0.4) is 0 Å². The van der Waals surface area contributed by atoms with Crippen LogP contribution in [-0.2, 0) is 30.9 Å². The van der Waals surface area contributed by atoms with E-state index in [9.17, 15) is 0 Å². The van der Waals surface area contributed by atoms with E-state index in [1.807, 2.05) is 23.0 Å². The molecule has 0 radical (unpaired) electrons. The van der Waals surface area contributed by atoms with Crippen molar-refractivity contribution in [3.63, 3.8) is 0 Å². The lowest BCUT2D eigenvalue weighted by molar-refractivity contribution is 0.148. The average Bonchev–Trinajstić information content (AvgIpc) is 3.19. The van der Waals surface area contributed by atoms with Gasteiger partial charge in [-0.25, -0.2) is 14.6 Å². The lowest BCUT2D eigenvalue weighted by atomic mass is 9.98. The smallest absolute Gasteiger partial charge is 0.213 e. The summed E-state index contributed by atoms with van der Waals surface area (Å²) in [7, 11) is 3.45. The van der Waals surface area contributed by atoms with Crippen molar-refractivity contribution in [3.8, 4) is 5.88 Å². The van der Waals surface area contributed by atoms with Crippen LogP contribution in [0.25, 0.3) is 0 Å². The summed E-state index contributed by atoms with van der Waals surface area (Å²) in [5, 5.41) is 11.4. The third kappa shape index (κ3) is 5.94. The SMILES string of the molecule is CN=C(NCc1ccnc(OC2CCCCC2)c1)NC1CCc2nc(COC)nn2C1. The number of ether oxygens (including phenoxy) is 2. The van der Waals surface area contributed by atoms with Crippen molar-refractivity contribution in [2.75, 3.05) is 14.2 Å². The Kier molecular flexibility index (Phi) is 7.35. The molecule has 0 bridgehead atoms. The zero-order valence-electron chi connectivity index (χ0n) is 18.5. The number of aliphatic imine (C=N–C) groups is 1. The van der Waals surface area contributed by atoms with E-state index in [0.717, 1.165) is 55.4 Å². The standard InChI is InChI=1S/C22H33N7O2/c1-23-22(26-17-8-9-20-27-19(15-30-2)28-29(20)14-17)25-13-16-10-11-24-21(12-16)31-18-6-4-3-5-7-18/h10-12,17-18H,3-9,13-15H2,1-2H3,(H2,23,25,26). The fraction of sp³-hybridized carbons (Fsp3) is 0.636. The minimum Gasteiger partial charge on any atom is -0.474 e. The maximum absolute atomic E-state index is 6.09. The molecule has 1 aliphatic carbocycles. The molecule has 2 aliphatic rings. The monoisotopic (exact) mass is 427 g/mol. The second-order valence-electron chi connectivity index (χ2n) is 8.25. The fourth-order valence-electron chi connectivity index (χ4n) is 4.22. The van der Waals surface area contributed by atoms with E-state index in [1.54, 1.807) is 14.2 Å². The van der Waals surface area contributed by atoms with E-state index >= 15 is 0 Å². The zero-order chi connectivity index (χ0) is 21.5. The van der Waals surface area contributed by atoms with Crippen LogP contribution in [0, 0.1) is 0 Å². The second-order valence-corrected chi connectivity index (χ2v) is 8.25. The van der Waals surface area contributed by atoms with Crippen molar-refractivity contribution in [3.05, 3.63) is 35.5 Å². The number of pyridine rings is 1. The molecule has 1 aliphatic heterocycles. The Balaban J connectivity index is 1.28. The van der Waals surface area contributed by atoms with E-state index in [2.05, 4.69) is 30.7 Å². The molecule has 0 aromatic carbocycles. The molecule has 4 rings (SSSR count). The number of nitrogens with zero attached hydrogens (tertiary/aromatic N) is 5. The quantitative estimate of drug-likeness (QED) is 0.516. The van der Waals surface area contributed by atoms with Crippen molar-refractivity contribution in [2.24, 2.45) is 4.99 Å². The number of nitrogens with one attached hydrogen (secondary N) is 2. The van der Waals surface area contributed by atoms with Gasteiger partial charge in [0.05, 0.1) is 6.54 Å². The number of hydrogen-bond acceptors (Lipinski definition) is 6. The Bertz CT molecular complexity index is 876. The van der Waals surface area contributed by atoms with Gasteiger partial charge in [0.2, 0.25) is 5.88 Å². The summed E-state index contributed by atoms with van der Waals surface area (Å²) >= 11 is 0. The summed E-state index contributed by atoms with van der Waals surface area (Å²) in [6.45, 7) is 1.86. The van der Waals surface area contributed by atoms with Crippen molar-refractivity contribution < 1.29 is 9.47 Å². The molecule has 9 nitrogen and oxygen atoms in total. The summed E-state index contributed by atoms with van der Waals surface area (Å²) in [4.78, 5) is 13.3. The van der Waals surface area contributed by atoms with Gasteiger partial charge in [-0.1, -0.05) is 6.42 Å². The number of aromatic nitrogens is 4. The average molecular weight is 428 g/mol. The van der Waals surface area contributed by atoms with Gasteiger partial charge in [-0.3, -0.25) is 4.99 Å². The Labute approximate surface area is 183 Å². The number of aryl methyl sites for hydroxylation is 1. The first-order chi connectivity index (χ1) is 15.2. The summed E-state index contributed by atoms with van der Waals surface area (Å²) in [6.07, 6.45) is 10.1. The molecule has 2 N–H and O–H groups in total. The molecule has 2 aromatic rings. The van der Waals surface area contributed by atoms with Gasteiger partial charge >= 0.3 is 0 Å². The third-order valence-electron chi connectivity index (χ3n) is 5.84. The van der Waals surface area contributed by atoms with Crippen LogP contribution in [0.15, 0.2) is 23.3 Å². The van der Waals surface area contributed by atoms with Crippen LogP contribution in [0.2, 0.25) is 0 Å². The number of guanidine groups is 1. The van der Waals surface area contributed by atoms with Crippen LogP contribution in [0.4, 0.5) is 0 Å². The molecule has 1 atom stereocenters. The highest BCUT2D eigenvalue weighted by Crippen LogP contribution is 2.22. The molecule has 0 saturated heterocycles. The van der Waals surface area contributed by atoms with E-state index in [1.165, 1.54) is 19.3 Å². The lowest BCUT2D eigenvalue weighted by Crippen LogP contribution is -2.46. The van der Waals surface area contributed by atoms with Crippen LogP contribution in [0.5, 0.6) is 5.88 Å². The van der Waals surface area contributed by atoms with Gasteiger partial charge in [0.15, 0.2) is 11.8 Å². The second kappa shape index (κ2) is 10.6. The molecular formula is C22H33N7O2. The lowest BCUT2D eigenvalue weighted by Gasteiger charge is -2.25. The maximum atomic E-state index is 6.09. The normalized spacial score (nSPS) is 19.7. The predicted molar refractivity (Wildman–Crippen MR) is 118 cm³/mol. The van der Waals surface area contributed by atoms with Crippen LogP contribution >= 0.6 is 0 Å². The fourth-order valence-corrected chi connectivity index (χ4v) is 4.22. The molecule has 0 amide bonds. The van der Waals surface area contributed by atoms with E-state index in [0.29, 0.717) is 25.1 Å². The number of fused-ring (bicyclic) bond motifs is 1. The number of hydrogen-bond donors (Lipinski definition) is 2. The minimum atomic E-state index is 0.249. The Morgan fingerprint density at radius 1 is 1.26 bits per heavy atom. The van der Waals surface area contributed by atoms with E-state index in [-0.39, 0.29) is 6.04 Å². The zero-order valence-corrected chi connectivity index (χ0v) is 18.5. The first kappa shape index (κ1) is 21.5. The van der Waals surface area contributed by atoms with Gasteiger partial charge in [0.1, 0.15) is 18.5 Å². The highest BCUT2D eigenvalue weighted by atomic mass is 16.5. The van der Waals surface area contributed by atoms with Crippen molar-refractivity contribution in [1.82, 2.24) is 30.4 Å². The first-order valence-electron chi connectivity index (χ1n) is 11.2. The molecule has 9 heteroatoms. The number of rotatable bonds is 7. The van der Waals surface area contributed by atoms with Crippen molar-refractivity contribution in [1.29, 1.82) is 0 Å². The highest BCUT2D eigenvalue weighted by molar-refractivity contribution is 5.79. The van der Waals surface area contributed by atoms with E-state index in [4.69, 9.17) is 9.47 Å². The molecule has 1 saturated carbocycles. The molecular weight excluding hydrogens is 394 g/mol. The van der Waals surface area contributed by atoms with Gasteiger partial charge in [-0.2, -0.15) is 5.10 Å². The topological polar surface area (TPSA) is 98.5 Å². The predicted octanol–water partition coefficient (Wildman–Crippen LogP) is 2.21. The van der Waals surface area contributed by atoms with Gasteiger partial charge in [-0.05, 0) is 43.7 Å². The molecule has 1 unspecified atom stereocenters. The van der Waals surface area contributed by atoms with Crippen LogP contribution in [0.1, 0.15) is 55.7 Å². The summed E-state index contributed by atoms with van der Waals surface area (Å²) < 4.78 is 13.2. The third-order valence-corrected chi connectivity index (χ3v) is 5.84. The molecule has 2 aromatic heterocycles. The van der Waals surface area contributed by atoms with Gasteiger partial charge in [0, 0.05) is 45.4 Å². The summed E-state index contributed by atoms with van der Waals surface area (Å²) in [5.74, 6) is 3.25. The molecule has 3 heterocycles. The summed E-state index contributed by atoms with van der Waals surface area (Å²) in [6, 6.07) is 4.28. The van der Waals surface area contributed by atoms with Crippen LogP contribution < -0.4 is 15.4 Å². The molecule has 168 valence electrons. The first-order valence-corrected chi connectivity index (χ1v) is 11.2. The van der Waals surface area contributed by atoms with Crippen LogP contribution in [-0.4, -0.2) is 52.0 Å². The molecule has 31 heavy (non-hydrogen) atoms. The minimum absolute atomic E-state index is 0.249. The molecule has 0 spiro atoms. The molecule has 1 fully saturated rings. The number of methoxy groups -OCH3 is 1. The van der Waals surface area contributed by atoms with Gasteiger partial charge < -0.3 is 20.1 Å². The summed E-state index contributed by atoms with van der Waals surface area (Å²) in [5.41, 5.74) is 1.12. The Morgan fingerprint density at radius 2 is 2.13 bits per heavy atom. The van der Waals surface area contributed by atoms with Crippen molar-refractivity contribution in [2.45, 2.75) is 76.8 Å². The van der Waals surface area contributed by atoms with Gasteiger partial charge in [-0.15, -0.1) is 0 Å². The Hall–Kier alpha value is -2.68.